The normalized spacial score (nSPS) is 12.8. The number of carbonyl (C=O) groups is 1. The number of fused-ring (bicyclic) bond motifs is 1. The molecule has 0 aliphatic carbocycles. The molecule has 0 aliphatic rings. The summed E-state index contributed by atoms with van der Waals surface area (Å²) >= 11 is 1.52. The maximum atomic E-state index is 13.1. The number of aromatic nitrogens is 2. The van der Waals surface area contributed by atoms with Crippen molar-refractivity contribution in [3.05, 3.63) is 26.6 Å². The van der Waals surface area contributed by atoms with Crippen LogP contribution in [0.1, 0.15) is 49.0 Å². The summed E-state index contributed by atoms with van der Waals surface area (Å²) in [5.41, 5.74) is 0.776. The van der Waals surface area contributed by atoms with Gasteiger partial charge in [0.15, 0.2) is 0 Å². The standard InChI is InChI=1S/C18H27N3O3S/c1-7-8-9-24-18(23)12(3)21-14(10-20(5)6)19-16-15(17(21)22)11(2)13(4)25-16/h12H,7-10H2,1-6H3. The fourth-order valence-electron chi connectivity index (χ4n) is 2.69. The van der Waals surface area contributed by atoms with Gasteiger partial charge in [-0.2, -0.15) is 0 Å². The Bertz CT molecular complexity index is 823. The number of aryl methyl sites for hydroxylation is 2. The van der Waals surface area contributed by atoms with E-state index in [2.05, 4.69) is 4.98 Å². The molecule has 0 N–H and O–H groups in total. The van der Waals surface area contributed by atoms with Crippen molar-refractivity contribution in [2.24, 2.45) is 0 Å². The molecule has 6 nitrogen and oxygen atoms in total. The van der Waals surface area contributed by atoms with Gasteiger partial charge in [0.1, 0.15) is 16.7 Å². The molecule has 1 atom stereocenters. The van der Waals surface area contributed by atoms with Gasteiger partial charge >= 0.3 is 5.97 Å². The lowest BCUT2D eigenvalue weighted by molar-refractivity contribution is -0.147. The minimum absolute atomic E-state index is 0.163. The summed E-state index contributed by atoms with van der Waals surface area (Å²) in [5.74, 6) is 0.199. The molecule has 0 amide bonds. The second kappa shape index (κ2) is 8.10. The van der Waals surface area contributed by atoms with Gasteiger partial charge in [0.25, 0.3) is 5.56 Å². The number of esters is 1. The van der Waals surface area contributed by atoms with Crippen LogP contribution in [0.4, 0.5) is 0 Å². The van der Waals surface area contributed by atoms with Gasteiger partial charge in [0, 0.05) is 4.88 Å². The lowest BCUT2D eigenvalue weighted by Gasteiger charge is -2.20. The number of ether oxygens (including phenoxy) is 1. The molecule has 2 rings (SSSR count). The Morgan fingerprint density at radius 3 is 2.64 bits per heavy atom. The largest absolute Gasteiger partial charge is 0.464 e. The predicted molar refractivity (Wildman–Crippen MR) is 101 cm³/mol. The minimum atomic E-state index is -0.698. The molecule has 25 heavy (non-hydrogen) atoms. The lowest BCUT2D eigenvalue weighted by atomic mass is 10.2. The van der Waals surface area contributed by atoms with E-state index in [0.29, 0.717) is 24.4 Å². The third kappa shape index (κ3) is 4.10. The fourth-order valence-corrected chi connectivity index (χ4v) is 3.72. The van der Waals surface area contributed by atoms with Gasteiger partial charge in [-0.3, -0.25) is 9.36 Å². The summed E-state index contributed by atoms with van der Waals surface area (Å²) in [6, 6.07) is -0.698. The van der Waals surface area contributed by atoms with Crippen LogP contribution in [0.5, 0.6) is 0 Å². The Morgan fingerprint density at radius 1 is 1.36 bits per heavy atom. The summed E-state index contributed by atoms with van der Waals surface area (Å²) in [5, 5.41) is 0.609. The van der Waals surface area contributed by atoms with Crippen molar-refractivity contribution >= 4 is 27.5 Å². The van der Waals surface area contributed by atoms with E-state index in [9.17, 15) is 9.59 Å². The van der Waals surface area contributed by atoms with E-state index >= 15 is 0 Å². The van der Waals surface area contributed by atoms with Crippen molar-refractivity contribution in [3.63, 3.8) is 0 Å². The second-order valence-corrected chi connectivity index (χ2v) is 7.80. The van der Waals surface area contributed by atoms with Crippen molar-refractivity contribution in [1.82, 2.24) is 14.5 Å². The molecule has 1 unspecified atom stereocenters. The third-order valence-corrected chi connectivity index (χ3v) is 5.34. The minimum Gasteiger partial charge on any atom is -0.464 e. The zero-order chi connectivity index (χ0) is 18.7. The van der Waals surface area contributed by atoms with E-state index in [4.69, 9.17) is 4.74 Å². The number of nitrogens with zero attached hydrogens (tertiary/aromatic N) is 3. The second-order valence-electron chi connectivity index (χ2n) is 6.60. The Labute approximate surface area is 152 Å². The SMILES string of the molecule is CCCCOC(=O)C(C)n1c(CN(C)C)nc2sc(C)c(C)c2c1=O. The monoisotopic (exact) mass is 365 g/mol. The number of thiophene rings is 1. The third-order valence-electron chi connectivity index (χ3n) is 4.24. The first kappa shape index (κ1) is 19.6. The van der Waals surface area contributed by atoms with Crippen molar-refractivity contribution in [2.75, 3.05) is 20.7 Å². The molecular weight excluding hydrogens is 338 g/mol. The highest BCUT2D eigenvalue weighted by Crippen LogP contribution is 2.27. The number of unbranched alkanes of at least 4 members (excludes halogenated alkanes) is 1. The van der Waals surface area contributed by atoms with Crippen molar-refractivity contribution < 1.29 is 9.53 Å². The summed E-state index contributed by atoms with van der Waals surface area (Å²) in [6.45, 7) is 8.52. The summed E-state index contributed by atoms with van der Waals surface area (Å²) in [7, 11) is 3.83. The molecule has 0 aliphatic heterocycles. The molecule has 0 aromatic carbocycles. The average molecular weight is 365 g/mol. The first-order valence-electron chi connectivity index (χ1n) is 8.60. The maximum Gasteiger partial charge on any atom is 0.329 e. The van der Waals surface area contributed by atoms with Crippen LogP contribution in [-0.4, -0.2) is 41.1 Å². The molecule has 0 saturated heterocycles. The van der Waals surface area contributed by atoms with Gasteiger partial charge < -0.3 is 9.64 Å². The average Bonchev–Trinajstić information content (AvgIpc) is 2.81. The van der Waals surface area contributed by atoms with Gasteiger partial charge in [-0.25, -0.2) is 9.78 Å². The molecule has 7 heteroatoms. The summed E-state index contributed by atoms with van der Waals surface area (Å²) in [6.07, 6.45) is 1.77. The van der Waals surface area contributed by atoms with Crippen LogP contribution < -0.4 is 5.56 Å². The van der Waals surface area contributed by atoms with E-state index in [0.717, 1.165) is 28.1 Å². The molecular formula is C18H27N3O3S. The molecule has 0 fully saturated rings. The van der Waals surface area contributed by atoms with Crippen LogP contribution >= 0.6 is 11.3 Å². The zero-order valence-corrected chi connectivity index (χ0v) is 16.7. The predicted octanol–water partition coefficient (Wildman–Crippen LogP) is 3.04. The Morgan fingerprint density at radius 2 is 2.04 bits per heavy atom. The smallest absolute Gasteiger partial charge is 0.329 e. The fraction of sp³-hybridized carbons (Fsp3) is 0.611. The van der Waals surface area contributed by atoms with Crippen LogP contribution in [0.25, 0.3) is 10.2 Å². The Balaban J connectivity index is 2.54. The van der Waals surface area contributed by atoms with Gasteiger partial charge in [-0.15, -0.1) is 11.3 Å². The highest BCUT2D eigenvalue weighted by atomic mass is 32.1. The van der Waals surface area contributed by atoms with Crippen LogP contribution in [0.3, 0.4) is 0 Å². The molecule has 0 spiro atoms. The summed E-state index contributed by atoms with van der Waals surface area (Å²) < 4.78 is 6.82. The van der Waals surface area contributed by atoms with E-state index in [-0.39, 0.29) is 11.5 Å². The van der Waals surface area contributed by atoms with E-state index in [1.54, 1.807) is 6.92 Å². The van der Waals surface area contributed by atoms with E-state index in [1.807, 2.05) is 39.8 Å². The van der Waals surface area contributed by atoms with E-state index < -0.39 is 6.04 Å². The van der Waals surface area contributed by atoms with Crippen LogP contribution in [0.2, 0.25) is 0 Å². The van der Waals surface area contributed by atoms with Crippen molar-refractivity contribution in [2.45, 2.75) is 53.1 Å². The molecule has 2 heterocycles. The maximum absolute atomic E-state index is 13.1. The van der Waals surface area contributed by atoms with Crippen LogP contribution in [0, 0.1) is 13.8 Å². The van der Waals surface area contributed by atoms with Gasteiger partial charge in [0.05, 0.1) is 18.5 Å². The topological polar surface area (TPSA) is 64.4 Å². The van der Waals surface area contributed by atoms with Gasteiger partial charge in [0.2, 0.25) is 0 Å². The number of hydrogen-bond acceptors (Lipinski definition) is 6. The summed E-state index contributed by atoms with van der Waals surface area (Å²) in [4.78, 5) is 34.0. The van der Waals surface area contributed by atoms with Crippen LogP contribution in [0.15, 0.2) is 4.79 Å². The number of rotatable bonds is 7. The molecule has 0 bridgehead atoms. The molecule has 0 saturated carbocycles. The van der Waals surface area contributed by atoms with Gasteiger partial charge in [-0.05, 0) is 46.9 Å². The lowest BCUT2D eigenvalue weighted by Crippen LogP contribution is -2.34. The first-order valence-corrected chi connectivity index (χ1v) is 9.42. The van der Waals surface area contributed by atoms with Crippen LogP contribution in [-0.2, 0) is 16.1 Å². The molecule has 2 aromatic rings. The molecule has 2 aromatic heterocycles. The number of carbonyl (C=O) groups excluding carboxylic acids is 1. The van der Waals surface area contributed by atoms with Crippen molar-refractivity contribution in [1.29, 1.82) is 0 Å². The van der Waals surface area contributed by atoms with Crippen molar-refractivity contribution in [3.8, 4) is 0 Å². The highest BCUT2D eigenvalue weighted by molar-refractivity contribution is 7.18. The Hall–Kier alpha value is -1.73. The zero-order valence-electron chi connectivity index (χ0n) is 15.9. The van der Waals surface area contributed by atoms with Gasteiger partial charge in [-0.1, -0.05) is 13.3 Å². The highest BCUT2D eigenvalue weighted by Gasteiger charge is 2.25. The Kier molecular flexibility index (Phi) is 6.35. The number of hydrogen-bond donors (Lipinski definition) is 0. The molecule has 138 valence electrons. The molecule has 0 radical (unpaired) electrons. The first-order chi connectivity index (χ1) is 11.8. The van der Waals surface area contributed by atoms with E-state index in [1.165, 1.54) is 15.9 Å². The quantitative estimate of drug-likeness (QED) is 0.557.